The fraction of sp³-hybridized carbons (Fsp3) is 0. The van der Waals surface area contributed by atoms with Crippen LogP contribution in [0, 0.1) is 0 Å². The lowest BCUT2D eigenvalue weighted by Crippen LogP contribution is -2.13. The Morgan fingerprint density at radius 2 is 1.75 bits per heavy atom. The van der Waals surface area contributed by atoms with Gasteiger partial charge in [-0.1, -0.05) is 27.5 Å². The minimum Gasteiger partial charge on any atom is -0.454 e. The summed E-state index contributed by atoms with van der Waals surface area (Å²) in [5, 5.41) is 5.47. The molecule has 0 aliphatic heterocycles. The van der Waals surface area contributed by atoms with Gasteiger partial charge in [-0.3, -0.25) is 0 Å². The molecular weight excluding hydrogens is 368 g/mol. The molecule has 0 aliphatic rings. The van der Waals surface area contributed by atoms with Crippen molar-refractivity contribution in [2.75, 3.05) is 5.73 Å². The highest BCUT2D eigenvalue weighted by molar-refractivity contribution is 9.10. The molecule has 8 heteroatoms. The van der Waals surface area contributed by atoms with Crippen molar-refractivity contribution in [3.05, 3.63) is 45.9 Å². The van der Waals surface area contributed by atoms with Crippen LogP contribution in [0.2, 0.25) is 5.02 Å². The number of primary sulfonamides is 1. The SMILES string of the molecule is Nc1ccc(Oc2ccc(Br)cc2Cl)c(S(N)(=O)=O)c1. The molecule has 2 rings (SSSR count). The first kappa shape index (κ1) is 15.1. The molecule has 106 valence electrons. The second kappa shape index (κ2) is 5.61. The third kappa shape index (κ3) is 3.43. The van der Waals surface area contributed by atoms with E-state index < -0.39 is 10.0 Å². The maximum absolute atomic E-state index is 11.5. The Bertz CT molecular complexity index is 765. The predicted molar refractivity (Wildman–Crippen MR) is 81.5 cm³/mol. The second-order valence-corrected chi connectivity index (χ2v) is 6.78. The van der Waals surface area contributed by atoms with E-state index in [9.17, 15) is 8.42 Å². The van der Waals surface area contributed by atoms with Crippen LogP contribution in [0.3, 0.4) is 0 Å². The molecule has 0 heterocycles. The zero-order chi connectivity index (χ0) is 14.9. The van der Waals surface area contributed by atoms with E-state index in [1.54, 1.807) is 18.2 Å². The van der Waals surface area contributed by atoms with Gasteiger partial charge in [0.2, 0.25) is 10.0 Å². The molecule has 5 nitrogen and oxygen atoms in total. The summed E-state index contributed by atoms with van der Waals surface area (Å²) in [6, 6.07) is 9.12. The van der Waals surface area contributed by atoms with Crippen LogP contribution in [0.15, 0.2) is 45.8 Å². The van der Waals surface area contributed by atoms with Gasteiger partial charge in [0.05, 0.1) is 5.02 Å². The lowest BCUT2D eigenvalue weighted by atomic mass is 10.3. The van der Waals surface area contributed by atoms with Crippen molar-refractivity contribution in [2.24, 2.45) is 5.14 Å². The average molecular weight is 378 g/mol. The summed E-state index contributed by atoms with van der Waals surface area (Å²) in [7, 11) is -3.95. The van der Waals surface area contributed by atoms with Crippen LogP contribution >= 0.6 is 27.5 Å². The van der Waals surface area contributed by atoms with Gasteiger partial charge in [0, 0.05) is 10.2 Å². The fourth-order valence-corrected chi connectivity index (χ4v) is 2.91. The maximum atomic E-state index is 11.5. The summed E-state index contributed by atoms with van der Waals surface area (Å²) >= 11 is 9.28. The first-order chi connectivity index (χ1) is 9.27. The quantitative estimate of drug-likeness (QED) is 0.803. The molecule has 0 atom stereocenters. The van der Waals surface area contributed by atoms with Gasteiger partial charge in [-0.25, -0.2) is 13.6 Å². The molecule has 0 fully saturated rings. The van der Waals surface area contributed by atoms with Gasteiger partial charge in [0.25, 0.3) is 0 Å². The number of rotatable bonds is 3. The minimum absolute atomic E-state index is 0.0610. The van der Waals surface area contributed by atoms with Crippen LogP contribution in [0.1, 0.15) is 0 Å². The van der Waals surface area contributed by atoms with Crippen LogP contribution in [0.25, 0.3) is 0 Å². The molecule has 0 radical (unpaired) electrons. The Balaban J connectivity index is 2.49. The average Bonchev–Trinajstić information content (AvgIpc) is 2.33. The van der Waals surface area contributed by atoms with E-state index in [2.05, 4.69) is 15.9 Å². The highest BCUT2D eigenvalue weighted by atomic mass is 79.9. The lowest BCUT2D eigenvalue weighted by Gasteiger charge is -2.11. The highest BCUT2D eigenvalue weighted by Crippen LogP contribution is 2.35. The number of nitrogen functional groups attached to an aromatic ring is 1. The van der Waals surface area contributed by atoms with Crippen molar-refractivity contribution in [3.8, 4) is 11.5 Å². The molecule has 0 amide bonds. The van der Waals surface area contributed by atoms with Crippen LogP contribution in [-0.4, -0.2) is 8.42 Å². The Morgan fingerprint density at radius 3 is 2.35 bits per heavy atom. The Hall–Kier alpha value is -1.28. The summed E-state index contributed by atoms with van der Waals surface area (Å²) in [6.07, 6.45) is 0. The van der Waals surface area contributed by atoms with Gasteiger partial charge in [0.1, 0.15) is 16.4 Å². The standard InChI is InChI=1S/C12H10BrClN2O3S/c13-7-1-3-10(9(14)5-7)19-11-4-2-8(15)6-12(11)20(16,17)18/h1-6H,15H2,(H2,16,17,18). The molecule has 0 bridgehead atoms. The van der Waals surface area contributed by atoms with E-state index in [1.807, 2.05) is 0 Å². The number of hydrogen-bond acceptors (Lipinski definition) is 4. The van der Waals surface area contributed by atoms with E-state index in [-0.39, 0.29) is 16.3 Å². The van der Waals surface area contributed by atoms with Crippen molar-refractivity contribution in [1.29, 1.82) is 0 Å². The van der Waals surface area contributed by atoms with Crippen molar-refractivity contribution in [3.63, 3.8) is 0 Å². The monoisotopic (exact) mass is 376 g/mol. The number of benzene rings is 2. The molecule has 2 aromatic rings. The van der Waals surface area contributed by atoms with Gasteiger partial charge < -0.3 is 10.5 Å². The molecule has 0 aliphatic carbocycles. The number of ether oxygens (including phenoxy) is 1. The number of halogens is 2. The molecule has 2 aromatic carbocycles. The third-order valence-corrected chi connectivity index (χ3v) is 4.11. The van der Waals surface area contributed by atoms with Crippen LogP contribution in [0.4, 0.5) is 5.69 Å². The summed E-state index contributed by atoms with van der Waals surface area (Å²) in [4.78, 5) is -0.198. The van der Waals surface area contributed by atoms with Crippen LogP contribution in [-0.2, 0) is 10.0 Å². The number of anilines is 1. The molecule has 0 saturated carbocycles. The van der Waals surface area contributed by atoms with Gasteiger partial charge >= 0.3 is 0 Å². The molecule has 0 aromatic heterocycles. The maximum Gasteiger partial charge on any atom is 0.241 e. The summed E-state index contributed by atoms with van der Waals surface area (Å²) in [5.41, 5.74) is 5.83. The summed E-state index contributed by atoms with van der Waals surface area (Å²) < 4.78 is 29.4. The first-order valence-electron chi connectivity index (χ1n) is 5.32. The van der Waals surface area contributed by atoms with Crippen molar-refractivity contribution in [2.45, 2.75) is 4.90 Å². The smallest absolute Gasteiger partial charge is 0.241 e. The normalized spacial score (nSPS) is 11.3. The molecule has 0 unspecified atom stereocenters. The fourth-order valence-electron chi connectivity index (χ4n) is 1.51. The summed E-state index contributed by atoms with van der Waals surface area (Å²) in [6.45, 7) is 0. The number of sulfonamides is 1. The lowest BCUT2D eigenvalue weighted by molar-refractivity contribution is 0.468. The van der Waals surface area contributed by atoms with Gasteiger partial charge in [-0.2, -0.15) is 0 Å². The van der Waals surface area contributed by atoms with E-state index in [1.165, 1.54) is 18.2 Å². The van der Waals surface area contributed by atoms with E-state index >= 15 is 0 Å². The molecule has 0 spiro atoms. The minimum atomic E-state index is -3.95. The zero-order valence-corrected chi connectivity index (χ0v) is 13.2. The van der Waals surface area contributed by atoms with E-state index in [0.29, 0.717) is 10.8 Å². The Labute approximate surface area is 129 Å². The molecule has 4 N–H and O–H groups in total. The van der Waals surface area contributed by atoms with Gasteiger partial charge in [-0.15, -0.1) is 0 Å². The molecular formula is C12H10BrClN2O3S. The predicted octanol–water partition coefficient (Wildman–Crippen LogP) is 3.12. The Morgan fingerprint density at radius 1 is 1.10 bits per heavy atom. The first-order valence-corrected chi connectivity index (χ1v) is 8.04. The van der Waals surface area contributed by atoms with Crippen molar-refractivity contribution in [1.82, 2.24) is 0 Å². The molecule has 0 saturated heterocycles. The van der Waals surface area contributed by atoms with Crippen LogP contribution in [0.5, 0.6) is 11.5 Å². The van der Waals surface area contributed by atoms with E-state index in [4.69, 9.17) is 27.2 Å². The van der Waals surface area contributed by atoms with Crippen LogP contribution < -0.4 is 15.6 Å². The topological polar surface area (TPSA) is 95.4 Å². The van der Waals surface area contributed by atoms with E-state index in [0.717, 1.165) is 4.47 Å². The highest BCUT2D eigenvalue weighted by Gasteiger charge is 2.17. The van der Waals surface area contributed by atoms with Gasteiger partial charge in [-0.05, 0) is 36.4 Å². The summed E-state index contributed by atoms with van der Waals surface area (Å²) in [5.74, 6) is 0.371. The Kier molecular flexibility index (Phi) is 4.24. The number of hydrogen-bond donors (Lipinski definition) is 2. The van der Waals surface area contributed by atoms with Crippen molar-refractivity contribution >= 4 is 43.2 Å². The largest absolute Gasteiger partial charge is 0.454 e. The zero-order valence-electron chi connectivity index (χ0n) is 10.0. The molecule has 20 heavy (non-hydrogen) atoms. The second-order valence-electron chi connectivity index (χ2n) is 3.93. The third-order valence-electron chi connectivity index (χ3n) is 2.39. The number of nitrogens with two attached hydrogens (primary N) is 2. The van der Waals surface area contributed by atoms with Crippen molar-refractivity contribution < 1.29 is 13.2 Å². The van der Waals surface area contributed by atoms with Gasteiger partial charge in [0.15, 0.2) is 0 Å².